The van der Waals surface area contributed by atoms with Crippen LogP contribution in [-0.4, -0.2) is 16.1 Å². The third-order valence-electron chi connectivity index (χ3n) is 3.95. The van der Waals surface area contributed by atoms with Crippen molar-refractivity contribution in [3.8, 4) is 0 Å². The van der Waals surface area contributed by atoms with E-state index in [0.29, 0.717) is 10.0 Å². The lowest BCUT2D eigenvalue weighted by molar-refractivity contribution is -0.185. The van der Waals surface area contributed by atoms with Gasteiger partial charge in [-0.15, -0.1) is 0 Å². The van der Waals surface area contributed by atoms with Gasteiger partial charge in [0.15, 0.2) is 0 Å². The molecule has 0 aliphatic carbocycles. The normalized spacial score (nSPS) is 22.8. The van der Waals surface area contributed by atoms with E-state index in [1.54, 1.807) is 24.3 Å². The van der Waals surface area contributed by atoms with Crippen molar-refractivity contribution in [2.45, 2.75) is 24.9 Å². The summed E-state index contributed by atoms with van der Waals surface area (Å²) < 4.78 is 0. The molecule has 2 aromatic carbocycles. The quantitative estimate of drug-likeness (QED) is 0.854. The molecule has 0 saturated carbocycles. The molecule has 22 heavy (non-hydrogen) atoms. The summed E-state index contributed by atoms with van der Waals surface area (Å²) in [5, 5.41) is 13.1. The van der Waals surface area contributed by atoms with Crippen molar-refractivity contribution in [1.29, 1.82) is 0 Å². The highest BCUT2D eigenvalue weighted by atomic mass is 35.5. The van der Waals surface area contributed by atoms with Crippen LogP contribution in [0.15, 0.2) is 48.5 Å². The van der Waals surface area contributed by atoms with Crippen LogP contribution in [0.3, 0.4) is 0 Å². The minimum atomic E-state index is -0.399. The molecule has 1 aliphatic rings. The van der Waals surface area contributed by atoms with Gasteiger partial charge in [0.25, 0.3) is 0 Å². The molecule has 2 unspecified atom stereocenters. The first kappa shape index (κ1) is 15.5. The van der Waals surface area contributed by atoms with Gasteiger partial charge in [0.05, 0.1) is 12.1 Å². The van der Waals surface area contributed by atoms with Crippen molar-refractivity contribution in [2.24, 2.45) is 0 Å². The first-order valence-corrected chi connectivity index (χ1v) is 7.80. The van der Waals surface area contributed by atoms with Crippen molar-refractivity contribution in [3.05, 3.63) is 69.7 Å². The van der Waals surface area contributed by atoms with E-state index in [0.717, 1.165) is 11.1 Å². The van der Waals surface area contributed by atoms with E-state index in [9.17, 15) is 10.0 Å². The molecule has 0 spiro atoms. The Labute approximate surface area is 139 Å². The summed E-state index contributed by atoms with van der Waals surface area (Å²) >= 11 is 12.0. The number of hydrogen-bond donors (Lipinski definition) is 1. The average Bonchev–Trinajstić information content (AvgIpc) is 2.49. The second-order valence-electron chi connectivity index (χ2n) is 5.47. The number of Topliss-reactive ketones (excluding diaryl/α,β-unsaturated/α-hetero) is 1. The summed E-state index contributed by atoms with van der Waals surface area (Å²) in [5.41, 5.74) is 1.66. The van der Waals surface area contributed by atoms with Crippen LogP contribution in [0.4, 0.5) is 0 Å². The number of halogens is 2. The van der Waals surface area contributed by atoms with Gasteiger partial charge in [0.1, 0.15) is 5.78 Å². The molecule has 3 nitrogen and oxygen atoms in total. The number of carbonyl (C=O) groups is 1. The van der Waals surface area contributed by atoms with Gasteiger partial charge in [-0.3, -0.25) is 4.79 Å². The molecule has 0 bridgehead atoms. The zero-order valence-electron chi connectivity index (χ0n) is 11.7. The smallest absolute Gasteiger partial charge is 0.136 e. The molecular formula is C17H15Cl2NO2. The molecule has 1 saturated heterocycles. The van der Waals surface area contributed by atoms with Gasteiger partial charge < -0.3 is 5.21 Å². The van der Waals surface area contributed by atoms with Gasteiger partial charge in [-0.2, -0.15) is 5.06 Å². The first-order chi connectivity index (χ1) is 10.5. The molecule has 0 radical (unpaired) electrons. The Morgan fingerprint density at radius 1 is 0.909 bits per heavy atom. The van der Waals surface area contributed by atoms with Crippen molar-refractivity contribution in [2.75, 3.05) is 0 Å². The molecule has 1 fully saturated rings. The third kappa shape index (κ3) is 3.18. The zero-order chi connectivity index (χ0) is 15.7. The van der Waals surface area contributed by atoms with Crippen LogP contribution >= 0.6 is 23.2 Å². The molecule has 114 valence electrons. The fraction of sp³-hybridized carbons (Fsp3) is 0.235. The summed E-state index contributed by atoms with van der Waals surface area (Å²) in [6.45, 7) is 0. The number of ketones is 1. The van der Waals surface area contributed by atoms with Gasteiger partial charge in [0.2, 0.25) is 0 Å². The summed E-state index contributed by atoms with van der Waals surface area (Å²) in [5.74, 6) is 0.111. The highest BCUT2D eigenvalue weighted by Crippen LogP contribution is 2.39. The summed E-state index contributed by atoms with van der Waals surface area (Å²) in [6, 6.07) is 13.7. The van der Waals surface area contributed by atoms with Crippen LogP contribution < -0.4 is 0 Å². The zero-order valence-corrected chi connectivity index (χ0v) is 13.3. The van der Waals surface area contributed by atoms with Crippen molar-refractivity contribution in [3.63, 3.8) is 0 Å². The third-order valence-corrected chi connectivity index (χ3v) is 4.42. The maximum atomic E-state index is 12.1. The molecule has 3 rings (SSSR count). The Morgan fingerprint density at radius 3 is 1.77 bits per heavy atom. The number of benzene rings is 2. The molecule has 0 amide bonds. The van der Waals surface area contributed by atoms with Gasteiger partial charge >= 0.3 is 0 Å². The second-order valence-corrected chi connectivity index (χ2v) is 6.34. The number of carbonyl (C=O) groups excluding carboxylic acids is 1. The fourth-order valence-corrected chi connectivity index (χ4v) is 3.29. The van der Waals surface area contributed by atoms with Crippen LogP contribution in [0.1, 0.15) is 36.1 Å². The van der Waals surface area contributed by atoms with E-state index >= 15 is 0 Å². The molecule has 0 aromatic heterocycles. The summed E-state index contributed by atoms with van der Waals surface area (Å²) in [4.78, 5) is 12.1. The predicted molar refractivity (Wildman–Crippen MR) is 86.3 cm³/mol. The van der Waals surface area contributed by atoms with Gasteiger partial charge in [-0.1, -0.05) is 47.5 Å². The van der Waals surface area contributed by atoms with E-state index < -0.39 is 12.1 Å². The highest BCUT2D eigenvalue weighted by molar-refractivity contribution is 6.30. The monoisotopic (exact) mass is 335 g/mol. The predicted octanol–water partition coefficient (Wildman–Crippen LogP) is 4.83. The Balaban J connectivity index is 1.95. The Morgan fingerprint density at radius 2 is 1.36 bits per heavy atom. The second kappa shape index (κ2) is 6.39. The topological polar surface area (TPSA) is 40.5 Å². The average molecular weight is 336 g/mol. The van der Waals surface area contributed by atoms with Crippen molar-refractivity contribution < 1.29 is 10.0 Å². The standard InChI is InChI=1S/C17H15Cl2NO2/c18-13-5-1-3-11(7-13)16-9-15(21)10-17(20(16)22)12-4-2-6-14(19)8-12/h1-8,16-17,22H,9-10H2. The van der Waals surface area contributed by atoms with E-state index in [1.807, 2.05) is 24.3 Å². The van der Waals surface area contributed by atoms with Crippen molar-refractivity contribution in [1.82, 2.24) is 5.06 Å². The minimum Gasteiger partial charge on any atom is -0.313 e. The van der Waals surface area contributed by atoms with Crippen molar-refractivity contribution >= 4 is 29.0 Å². The Bertz CT molecular complexity index is 647. The van der Waals surface area contributed by atoms with E-state index in [2.05, 4.69) is 0 Å². The summed E-state index contributed by atoms with van der Waals surface area (Å²) in [7, 11) is 0. The van der Waals surface area contributed by atoms with Crippen LogP contribution in [-0.2, 0) is 4.79 Å². The Hall–Kier alpha value is -1.39. The number of nitrogens with zero attached hydrogens (tertiary/aromatic N) is 1. The van der Waals surface area contributed by atoms with Gasteiger partial charge in [0, 0.05) is 22.9 Å². The van der Waals surface area contributed by atoms with E-state index in [4.69, 9.17) is 23.2 Å². The lowest BCUT2D eigenvalue weighted by Crippen LogP contribution is -2.37. The Kier molecular flexibility index (Phi) is 4.50. The molecule has 1 N–H and O–H groups in total. The van der Waals surface area contributed by atoms with E-state index in [-0.39, 0.29) is 18.6 Å². The fourth-order valence-electron chi connectivity index (χ4n) is 2.89. The molecule has 2 aromatic rings. The molecule has 1 heterocycles. The molecular weight excluding hydrogens is 321 g/mol. The van der Waals surface area contributed by atoms with Gasteiger partial charge in [-0.05, 0) is 35.4 Å². The van der Waals surface area contributed by atoms with Crippen LogP contribution in [0.25, 0.3) is 0 Å². The maximum absolute atomic E-state index is 12.1. The molecule has 2 atom stereocenters. The van der Waals surface area contributed by atoms with Gasteiger partial charge in [-0.25, -0.2) is 0 Å². The van der Waals surface area contributed by atoms with Crippen LogP contribution in [0.5, 0.6) is 0 Å². The number of piperidine rings is 1. The minimum absolute atomic E-state index is 0.111. The van der Waals surface area contributed by atoms with E-state index in [1.165, 1.54) is 5.06 Å². The SMILES string of the molecule is O=C1CC(c2cccc(Cl)c2)N(O)C(c2cccc(Cl)c2)C1. The number of rotatable bonds is 2. The highest BCUT2D eigenvalue weighted by Gasteiger charge is 2.35. The lowest BCUT2D eigenvalue weighted by Gasteiger charge is -2.37. The maximum Gasteiger partial charge on any atom is 0.136 e. The van der Waals surface area contributed by atoms with Crippen LogP contribution in [0, 0.1) is 0 Å². The number of hydrogen-bond acceptors (Lipinski definition) is 3. The molecule has 5 heteroatoms. The number of hydroxylamine groups is 2. The molecule has 1 aliphatic heterocycles. The first-order valence-electron chi connectivity index (χ1n) is 7.04. The van der Waals surface area contributed by atoms with Crippen LogP contribution in [0.2, 0.25) is 10.0 Å². The summed E-state index contributed by atoms with van der Waals surface area (Å²) in [6.07, 6.45) is 0.543. The largest absolute Gasteiger partial charge is 0.313 e. The lowest BCUT2D eigenvalue weighted by atomic mass is 9.89.